The highest BCUT2D eigenvalue weighted by molar-refractivity contribution is 6.05. The van der Waals surface area contributed by atoms with Crippen LogP contribution in [0.1, 0.15) is 23.4 Å². The van der Waals surface area contributed by atoms with Crippen molar-refractivity contribution >= 4 is 23.4 Å². The number of pyridine rings is 1. The third kappa shape index (κ3) is 5.26. The first-order chi connectivity index (χ1) is 18.7. The van der Waals surface area contributed by atoms with Crippen molar-refractivity contribution in [1.29, 1.82) is 0 Å². The number of nitrogens with one attached hydrogen (secondary N) is 1. The SMILES string of the molecule is COc1cc(C(F)(F)F)nn1CCOc1ccc(CNc2nc3c4c(n2)N(C)C(CO)C(=O)N4CCC3)cn1. The number of hydrogen-bond donors (Lipinski definition) is 2. The summed E-state index contributed by atoms with van der Waals surface area (Å²) in [4.78, 5) is 29.6. The van der Waals surface area contributed by atoms with Crippen molar-refractivity contribution in [3.8, 4) is 11.8 Å². The number of alkyl halides is 3. The maximum atomic E-state index is 12.9. The average Bonchev–Trinajstić information content (AvgIpc) is 3.35. The number of aryl methyl sites for hydroxylation is 1. The van der Waals surface area contributed by atoms with Gasteiger partial charge in [0.15, 0.2) is 11.5 Å². The summed E-state index contributed by atoms with van der Waals surface area (Å²) in [5.41, 5.74) is 1.27. The van der Waals surface area contributed by atoms with Gasteiger partial charge in [0, 0.05) is 38.5 Å². The predicted octanol–water partition coefficient (Wildman–Crippen LogP) is 1.88. The number of methoxy groups -OCH3 is 1. The van der Waals surface area contributed by atoms with Crippen molar-refractivity contribution < 1.29 is 32.5 Å². The van der Waals surface area contributed by atoms with Gasteiger partial charge in [0.25, 0.3) is 5.91 Å². The van der Waals surface area contributed by atoms with Gasteiger partial charge in [-0.05, 0) is 18.4 Å². The van der Waals surface area contributed by atoms with E-state index in [1.165, 1.54) is 7.11 Å². The van der Waals surface area contributed by atoms with Crippen LogP contribution < -0.4 is 24.6 Å². The van der Waals surface area contributed by atoms with Gasteiger partial charge < -0.3 is 29.7 Å². The first-order valence-corrected chi connectivity index (χ1v) is 12.3. The molecule has 0 aliphatic carbocycles. The molecule has 0 saturated carbocycles. The number of aliphatic hydroxyl groups is 1. The number of ether oxygens (including phenoxy) is 2. The van der Waals surface area contributed by atoms with E-state index in [0.29, 0.717) is 36.4 Å². The van der Waals surface area contributed by atoms with Gasteiger partial charge in [-0.15, -0.1) is 0 Å². The Balaban J connectivity index is 1.20. The molecular weight excluding hydrogens is 521 g/mol. The summed E-state index contributed by atoms with van der Waals surface area (Å²) in [6.07, 6.45) is -1.46. The van der Waals surface area contributed by atoms with Crippen LogP contribution in [0, 0.1) is 0 Å². The Bertz CT molecular complexity index is 1350. The average molecular weight is 549 g/mol. The summed E-state index contributed by atoms with van der Waals surface area (Å²) in [5, 5.41) is 16.5. The number of likely N-dealkylation sites (N-methyl/N-ethyl adjacent to an activating group) is 1. The second-order valence-electron chi connectivity index (χ2n) is 9.07. The fourth-order valence-electron chi connectivity index (χ4n) is 4.58. The van der Waals surface area contributed by atoms with E-state index in [-0.39, 0.29) is 31.5 Å². The molecule has 12 nitrogen and oxygen atoms in total. The number of carbonyl (C=O) groups excluding carboxylic acids is 1. The zero-order valence-corrected chi connectivity index (χ0v) is 21.3. The molecule has 3 aromatic rings. The molecule has 5 heterocycles. The standard InChI is InChI=1S/C24H27F3N8O4/c1-33-16(13-36)22(37)34-7-3-4-15-20(34)21(33)31-23(30-15)29-12-14-5-6-18(28-11-14)39-9-8-35-19(38-2)10-17(32-35)24(25,26)27/h5-6,10-11,16,36H,3-4,7-9,12-13H2,1-2H3,(H,29,30,31). The minimum atomic E-state index is -4.57. The number of rotatable bonds is 9. The molecule has 39 heavy (non-hydrogen) atoms. The highest BCUT2D eigenvalue weighted by Gasteiger charge is 2.40. The summed E-state index contributed by atoms with van der Waals surface area (Å²) < 4.78 is 50.3. The molecule has 0 radical (unpaired) electrons. The summed E-state index contributed by atoms with van der Waals surface area (Å²) in [5.74, 6) is 1.13. The minimum Gasteiger partial charge on any atom is -0.481 e. The predicted molar refractivity (Wildman–Crippen MR) is 133 cm³/mol. The van der Waals surface area contributed by atoms with E-state index in [9.17, 15) is 23.1 Å². The van der Waals surface area contributed by atoms with Crippen molar-refractivity contribution in [2.45, 2.75) is 38.1 Å². The molecule has 0 spiro atoms. The maximum absolute atomic E-state index is 12.9. The topological polar surface area (TPSA) is 131 Å². The number of nitrogens with zero attached hydrogens (tertiary/aromatic N) is 7. The Kier molecular flexibility index (Phi) is 7.16. The highest BCUT2D eigenvalue weighted by atomic mass is 19.4. The number of aliphatic hydroxyl groups excluding tert-OH is 1. The Morgan fingerprint density at radius 2 is 2.08 bits per heavy atom. The molecule has 2 aliphatic heterocycles. The summed E-state index contributed by atoms with van der Waals surface area (Å²) in [6.45, 7) is 0.706. The Morgan fingerprint density at radius 3 is 2.77 bits per heavy atom. The molecule has 1 atom stereocenters. The van der Waals surface area contributed by atoms with Crippen LogP contribution in [-0.2, 0) is 30.5 Å². The lowest BCUT2D eigenvalue weighted by Gasteiger charge is -2.42. The number of aromatic nitrogens is 5. The fourth-order valence-corrected chi connectivity index (χ4v) is 4.58. The number of anilines is 3. The van der Waals surface area contributed by atoms with Crippen LogP contribution in [0.2, 0.25) is 0 Å². The number of carbonyl (C=O) groups is 1. The van der Waals surface area contributed by atoms with Gasteiger partial charge in [-0.3, -0.25) is 4.79 Å². The number of amides is 1. The van der Waals surface area contributed by atoms with E-state index in [4.69, 9.17) is 9.47 Å². The molecule has 1 unspecified atom stereocenters. The van der Waals surface area contributed by atoms with Gasteiger partial charge in [0.05, 0.1) is 26.0 Å². The fraction of sp³-hybridized carbons (Fsp3) is 0.458. The van der Waals surface area contributed by atoms with E-state index in [2.05, 4.69) is 25.4 Å². The van der Waals surface area contributed by atoms with Crippen molar-refractivity contribution in [2.24, 2.45) is 0 Å². The maximum Gasteiger partial charge on any atom is 0.435 e. The molecule has 1 amide bonds. The molecular formula is C24H27F3N8O4. The van der Waals surface area contributed by atoms with Gasteiger partial charge in [0.1, 0.15) is 18.3 Å². The highest BCUT2D eigenvalue weighted by Crippen LogP contribution is 2.39. The monoisotopic (exact) mass is 548 g/mol. The van der Waals surface area contributed by atoms with E-state index in [1.54, 1.807) is 35.2 Å². The first kappa shape index (κ1) is 26.5. The van der Waals surface area contributed by atoms with Gasteiger partial charge in [0.2, 0.25) is 17.7 Å². The van der Waals surface area contributed by atoms with Crippen molar-refractivity contribution in [2.75, 3.05) is 49.0 Å². The zero-order valence-electron chi connectivity index (χ0n) is 21.3. The quantitative estimate of drug-likeness (QED) is 0.409. The smallest absolute Gasteiger partial charge is 0.435 e. The van der Waals surface area contributed by atoms with E-state index in [0.717, 1.165) is 34.8 Å². The van der Waals surface area contributed by atoms with Crippen LogP contribution in [-0.4, -0.2) is 75.7 Å². The summed E-state index contributed by atoms with van der Waals surface area (Å²) >= 11 is 0. The molecule has 208 valence electrons. The van der Waals surface area contributed by atoms with Crippen LogP contribution >= 0.6 is 0 Å². The van der Waals surface area contributed by atoms with Crippen molar-refractivity contribution in [3.05, 3.63) is 41.3 Å². The van der Waals surface area contributed by atoms with Crippen LogP contribution in [0.5, 0.6) is 11.8 Å². The van der Waals surface area contributed by atoms with Gasteiger partial charge >= 0.3 is 6.18 Å². The lowest BCUT2D eigenvalue weighted by Crippen LogP contribution is -2.55. The van der Waals surface area contributed by atoms with Crippen molar-refractivity contribution in [3.63, 3.8) is 0 Å². The molecule has 0 bridgehead atoms. The second-order valence-corrected chi connectivity index (χ2v) is 9.07. The third-order valence-electron chi connectivity index (χ3n) is 6.57. The first-order valence-electron chi connectivity index (χ1n) is 12.3. The van der Waals surface area contributed by atoms with Crippen LogP contribution in [0.25, 0.3) is 0 Å². The third-order valence-corrected chi connectivity index (χ3v) is 6.57. The summed E-state index contributed by atoms with van der Waals surface area (Å²) in [7, 11) is 3.00. The lowest BCUT2D eigenvalue weighted by molar-refractivity contribution is -0.141. The second kappa shape index (κ2) is 10.6. The van der Waals surface area contributed by atoms with Crippen molar-refractivity contribution in [1.82, 2.24) is 24.7 Å². The van der Waals surface area contributed by atoms with Gasteiger partial charge in [-0.1, -0.05) is 6.07 Å². The minimum absolute atomic E-state index is 0.0174. The Morgan fingerprint density at radius 1 is 1.26 bits per heavy atom. The van der Waals surface area contributed by atoms with Crippen LogP contribution in [0.3, 0.4) is 0 Å². The zero-order chi connectivity index (χ0) is 27.7. The molecule has 2 aliphatic rings. The molecule has 3 aromatic heterocycles. The number of halogens is 3. The Hall–Kier alpha value is -4.14. The van der Waals surface area contributed by atoms with Gasteiger partial charge in [-0.2, -0.15) is 23.3 Å². The molecule has 15 heteroatoms. The normalized spacial score (nSPS) is 16.8. The summed E-state index contributed by atoms with van der Waals surface area (Å²) in [6, 6.07) is 3.59. The largest absolute Gasteiger partial charge is 0.481 e. The number of hydrogen-bond acceptors (Lipinski definition) is 10. The Labute approximate surface area is 221 Å². The van der Waals surface area contributed by atoms with Crippen LogP contribution in [0.4, 0.5) is 30.6 Å². The molecule has 0 aromatic carbocycles. The van der Waals surface area contributed by atoms with E-state index < -0.39 is 17.9 Å². The molecule has 0 fully saturated rings. The van der Waals surface area contributed by atoms with E-state index >= 15 is 0 Å². The van der Waals surface area contributed by atoms with Crippen LogP contribution in [0.15, 0.2) is 24.4 Å². The molecule has 2 N–H and O–H groups in total. The lowest BCUT2D eigenvalue weighted by atomic mass is 10.0. The van der Waals surface area contributed by atoms with Gasteiger partial charge in [-0.25, -0.2) is 14.6 Å². The molecule has 5 rings (SSSR count). The molecule has 0 saturated heterocycles. The van der Waals surface area contributed by atoms with E-state index in [1.807, 2.05) is 0 Å².